The van der Waals surface area contributed by atoms with Gasteiger partial charge < -0.3 is 36.1 Å². The Balaban J connectivity index is -0.000000218. The summed E-state index contributed by atoms with van der Waals surface area (Å²) >= 11 is 17.4. The molecule has 86 valence electrons. The molecule has 0 spiro atoms. The van der Waals surface area contributed by atoms with Crippen molar-refractivity contribution in [3.8, 4) is 12.1 Å². The molecule has 0 unspecified atom stereocenters. The zero-order valence-corrected chi connectivity index (χ0v) is 13.3. The molecule has 9 heteroatoms. The second-order valence-corrected chi connectivity index (χ2v) is 3.40. The molecular formula is C8N4PtS4. The van der Waals surface area contributed by atoms with Crippen molar-refractivity contribution < 1.29 is 21.1 Å². The van der Waals surface area contributed by atoms with Gasteiger partial charge in [0.1, 0.15) is 21.9 Å². The van der Waals surface area contributed by atoms with Gasteiger partial charge in [-0.05, 0) is 0 Å². The molecule has 0 bridgehead atoms. The van der Waals surface area contributed by atoms with Gasteiger partial charge in [-0.3, -0.25) is 11.7 Å². The maximum absolute atomic E-state index is 8.01. The number of hydrogen-bond donors (Lipinski definition) is 0. The minimum atomic E-state index is -0.109. The molecule has 0 heterocycles. The Morgan fingerprint density at radius 2 is 1.12 bits per heavy atom. The van der Waals surface area contributed by atoms with Crippen molar-refractivity contribution in [1.29, 1.82) is 10.5 Å². The molecule has 0 amide bonds. The van der Waals surface area contributed by atoms with Gasteiger partial charge in [-0.1, -0.05) is 24.4 Å². The van der Waals surface area contributed by atoms with Crippen LogP contribution in [-0.4, -0.2) is 21.5 Å². The first-order valence-electron chi connectivity index (χ1n) is 3.21. The second-order valence-electron chi connectivity index (χ2n) is 1.76. The Kier molecular flexibility index (Phi) is 16.7. The molecule has 4 nitrogen and oxygen atoms in total. The van der Waals surface area contributed by atoms with Crippen LogP contribution in [0.4, 0.5) is 0 Å². The van der Waals surface area contributed by atoms with E-state index in [0.29, 0.717) is 0 Å². The second kappa shape index (κ2) is 13.3. The standard InChI is InChI=1S/2C4HN2S2.Pt/c2*5-1-3(7)4(8)2-6;/h2*7H;/q2*-1;+4/p-2. The molecule has 0 aliphatic carbocycles. The van der Waals surface area contributed by atoms with Crippen LogP contribution in [0.1, 0.15) is 0 Å². The third-order valence-electron chi connectivity index (χ3n) is 0.819. The molecule has 0 fully saturated rings. The Hall–Kier alpha value is -0.812. The van der Waals surface area contributed by atoms with Crippen LogP contribution in [0.15, 0.2) is 9.81 Å². The van der Waals surface area contributed by atoms with Crippen LogP contribution in [0.25, 0.3) is 10.8 Å². The molecule has 0 aromatic rings. The van der Waals surface area contributed by atoms with E-state index in [1.165, 1.54) is 0 Å². The summed E-state index contributed by atoms with van der Waals surface area (Å²) in [6.45, 7) is 0. The number of thiocarbonyl (C=S) groups is 2. The number of hydrogen-bond acceptors (Lipinski definition) is 6. The molecule has 0 aromatic heterocycles. The summed E-state index contributed by atoms with van der Waals surface area (Å²) in [6, 6.07) is 3.17. The van der Waals surface area contributed by atoms with E-state index in [0.717, 1.165) is 0 Å². The fraction of sp³-hybridized carbons (Fsp3) is 0. The van der Waals surface area contributed by atoms with Crippen molar-refractivity contribution in [3.05, 3.63) is 20.6 Å². The Morgan fingerprint density at radius 1 is 0.882 bits per heavy atom. The van der Waals surface area contributed by atoms with E-state index in [1.54, 1.807) is 23.9 Å². The molecular weight excluding hydrogens is 475 g/mol. The molecule has 0 aliphatic rings. The molecule has 0 radical (unpaired) electrons. The minimum Gasteiger partial charge on any atom is -0.771 e. The van der Waals surface area contributed by atoms with Crippen molar-refractivity contribution in [2.75, 3.05) is 0 Å². The molecule has 0 aliphatic heterocycles. The normalized spacial score (nSPS) is 6.00. The van der Waals surface area contributed by atoms with Gasteiger partial charge in [0, 0.05) is 0 Å². The van der Waals surface area contributed by atoms with Gasteiger partial charge in [-0.2, -0.15) is 10.5 Å². The maximum Gasteiger partial charge on any atom is 4.00 e. The average molecular weight is 475 g/mol. The summed E-state index contributed by atoms with van der Waals surface area (Å²) in [6.07, 6.45) is 0. The first kappa shape index (κ1) is 21.5. The molecule has 0 saturated heterocycles. The van der Waals surface area contributed by atoms with Gasteiger partial charge in [0.2, 0.25) is 0 Å². The molecule has 0 N–H and O–H groups in total. The number of allylic oxidation sites excluding steroid dienone is 2. The largest absolute Gasteiger partial charge is 4.00 e. The van der Waals surface area contributed by atoms with Crippen LogP contribution in [0.5, 0.6) is 0 Å². The van der Waals surface area contributed by atoms with Gasteiger partial charge in [0.05, 0.1) is 0 Å². The Bertz CT molecular complexity index is 441. The molecule has 0 atom stereocenters. The third-order valence-corrected chi connectivity index (χ3v) is 2.26. The van der Waals surface area contributed by atoms with Crippen LogP contribution in [-0.2, 0) is 46.3 Å². The molecule has 0 saturated carbocycles. The Labute approximate surface area is 134 Å². The predicted molar refractivity (Wildman–Crippen MR) is 74.9 cm³/mol. The van der Waals surface area contributed by atoms with E-state index in [9.17, 15) is 0 Å². The molecule has 0 rings (SSSR count). The smallest absolute Gasteiger partial charge is 0.771 e. The summed E-state index contributed by atoms with van der Waals surface area (Å²) in [5.41, 5.74) is 0. The summed E-state index contributed by atoms with van der Waals surface area (Å²) in [4.78, 5) is -0.435. The zero-order chi connectivity index (χ0) is 13.1. The third kappa shape index (κ3) is 11.5. The Morgan fingerprint density at radius 3 is 1.18 bits per heavy atom. The van der Waals surface area contributed by atoms with E-state index in [4.69, 9.17) is 21.3 Å². The van der Waals surface area contributed by atoms with Crippen LogP contribution in [0.2, 0.25) is 0 Å². The van der Waals surface area contributed by atoms with Gasteiger partial charge in [0.15, 0.2) is 0 Å². The summed E-state index contributed by atoms with van der Waals surface area (Å²) in [7, 11) is 0. The van der Waals surface area contributed by atoms with Crippen LogP contribution >= 0.6 is 24.4 Å². The number of rotatable bonds is 2. The maximum atomic E-state index is 8.01. The topological polar surface area (TPSA) is 92.2 Å². The van der Waals surface area contributed by atoms with Crippen LogP contribution in [0.3, 0.4) is 0 Å². The van der Waals surface area contributed by atoms with Crippen molar-refractivity contribution in [2.45, 2.75) is 0 Å². The van der Waals surface area contributed by atoms with Crippen LogP contribution in [0, 0.1) is 22.7 Å². The van der Waals surface area contributed by atoms with Crippen molar-refractivity contribution >= 4 is 71.2 Å². The van der Waals surface area contributed by atoms with E-state index in [1.807, 2.05) is 0 Å². The van der Waals surface area contributed by atoms with Gasteiger partial charge in [-0.25, -0.2) is 0 Å². The van der Waals surface area contributed by atoms with Crippen molar-refractivity contribution in [2.24, 2.45) is 0 Å². The fourth-order valence-corrected chi connectivity index (χ4v) is 0.386. The zero-order valence-electron chi connectivity index (χ0n) is 7.74. The van der Waals surface area contributed by atoms with Crippen molar-refractivity contribution in [3.63, 3.8) is 0 Å². The van der Waals surface area contributed by atoms with E-state index < -0.39 is 0 Å². The fourth-order valence-electron chi connectivity index (χ4n) is 0.203. The van der Waals surface area contributed by atoms with Crippen LogP contribution < -0.4 is 0 Å². The minimum absolute atomic E-state index is 0. The number of nitriles is 2. The monoisotopic (exact) mass is 475 g/mol. The predicted octanol–water partition coefficient (Wildman–Crippen LogP) is 1.10. The quantitative estimate of drug-likeness (QED) is 0.257. The summed E-state index contributed by atoms with van der Waals surface area (Å²) < 4.78 is 0. The SMILES string of the molecule is N#CC(=S)C([S-])=C=[N-].N#CC(=S)C([S-])=C=[N-].[Pt+4]. The summed E-state index contributed by atoms with van der Waals surface area (Å²) in [5.74, 6) is 3.17. The molecule has 17 heavy (non-hydrogen) atoms. The van der Waals surface area contributed by atoms with E-state index in [-0.39, 0.29) is 40.6 Å². The van der Waals surface area contributed by atoms with E-state index >= 15 is 0 Å². The number of nitrogens with zero attached hydrogens (tertiary/aromatic N) is 4. The first-order chi connectivity index (χ1) is 7.44. The average Bonchev–Trinajstić information content (AvgIpc) is 2.35. The van der Waals surface area contributed by atoms with Gasteiger partial charge in [-0.15, -0.1) is 9.81 Å². The van der Waals surface area contributed by atoms with Crippen molar-refractivity contribution in [1.82, 2.24) is 0 Å². The van der Waals surface area contributed by atoms with E-state index in [2.05, 4.69) is 49.7 Å². The first-order valence-corrected chi connectivity index (χ1v) is 4.84. The van der Waals surface area contributed by atoms with Gasteiger partial charge in [0.25, 0.3) is 0 Å². The summed E-state index contributed by atoms with van der Waals surface area (Å²) in [5, 5.41) is 32.0. The molecule has 0 aromatic carbocycles. The van der Waals surface area contributed by atoms with Gasteiger partial charge >= 0.3 is 21.1 Å².